The molecule has 11 heteroatoms. The van der Waals surface area contributed by atoms with Crippen molar-refractivity contribution >= 4 is 51.9 Å². The van der Waals surface area contributed by atoms with Crippen LogP contribution in [0.15, 0.2) is 36.4 Å². The molecule has 0 saturated carbocycles. The number of anilines is 1. The van der Waals surface area contributed by atoms with Gasteiger partial charge in [0, 0.05) is 42.6 Å². The van der Waals surface area contributed by atoms with Gasteiger partial charge in [0.2, 0.25) is 11.8 Å². The quantitative estimate of drug-likeness (QED) is 0.453. The topological polar surface area (TPSA) is 114 Å². The van der Waals surface area contributed by atoms with E-state index >= 15 is 0 Å². The van der Waals surface area contributed by atoms with Crippen LogP contribution in [0.25, 0.3) is 10.8 Å². The molecule has 0 spiro atoms. The smallest absolute Gasteiger partial charge is 0.410 e. The zero-order valence-corrected chi connectivity index (χ0v) is 24.0. The minimum Gasteiger partial charge on any atom is -0.444 e. The van der Waals surface area contributed by atoms with Crippen molar-refractivity contribution in [1.82, 2.24) is 20.0 Å². The number of imide groups is 1. The van der Waals surface area contributed by atoms with Crippen LogP contribution in [0.5, 0.6) is 0 Å². The van der Waals surface area contributed by atoms with Gasteiger partial charge in [-0.1, -0.05) is 29.8 Å². The molecule has 2 fully saturated rings. The Balaban J connectivity index is 1.26. The number of likely N-dealkylation sites (tertiary alicyclic amines) is 1. The summed E-state index contributed by atoms with van der Waals surface area (Å²) in [6.07, 6.45) is 2.17. The number of carbonyl (C=O) groups is 4. The highest BCUT2D eigenvalue weighted by Crippen LogP contribution is 2.41. The van der Waals surface area contributed by atoms with Crippen molar-refractivity contribution in [3.05, 3.63) is 58.4 Å². The number of halogens is 1. The maximum Gasteiger partial charge on any atom is 0.410 e. The minimum atomic E-state index is -0.728. The Morgan fingerprint density at radius 1 is 1.10 bits per heavy atom. The molecule has 2 aromatic carbocycles. The Bertz CT molecular complexity index is 1580. The molecule has 214 valence electrons. The highest BCUT2D eigenvalue weighted by molar-refractivity contribution is 6.29. The Morgan fingerprint density at radius 3 is 2.56 bits per heavy atom. The molecule has 6 rings (SSSR count). The SMILES string of the molecule is CC(C)(C)OC(=O)N1CCC(n2nc(Cl)cc2Cc2ccc3c4c(cccc24)C(=O)N3C2CCC(=O)NC2=O)CC1. The lowest BCUT2D eigenvalue weighted by atomic mass is 9.97. The van der Waals surface area contributed by atoms with Crippen LogP contribution in [0, 0.1) is 0 Å². The van der Waals surface area contributed by atoms with E-state index in [1.807, 2.05) is 55.8 Å². The summed E-state index contributed by atoms with van der Waals surface area (Å²) >= 11 is 6.40. The molecule has 1 unspecified atom stereocenters. The summed E-state index contributed by atoms with van der Waals surface area (Å²) in [5.74, 6) is -1.00. The van der Waals surface area contributed by atoms with Crippen molar-refractivity contribution in [2.45, 2.75) is 70.6 Å². The molecule has 1 aromatic heterocycles. The molecule has 0 aliphatic carbocycles. The molecule has 0 bridgehead atoms. The second kappa shape index (κ2) is 10.2. The number of nitrogens with zero attached hydrogens (tertiary/aromatic N) is 4. The number of ether oxygens (including phenoxy) is 1. The van der Waals surface area contributed by atoms with E-state index in [2.05, 4.69) is 10.4 Å². The van der Waals surface area contributed by atoms with Gasteiger partial charge in [0.15, 0.2) is 5.15 Å². The van der Waals surface area contributed by atoms with Gasteiger partial charge >= 0.3 is 6.09 Å². The van der Waals surface area contributed by atoms with Gasteiger partial charge in [-0.3, -0.25) is 29.3 Å². The molecule has 4 amide bonds. The lowest BCUT2D eigenvalue weighted by Gasteiger charge is -2.34. The number of carbonyl (C=O) groups excluding carboxylic acids is 4. The first-order chi connectivity index (χ1) is 19.5. The molecule has 1 atom stereocenters. The van der Waals surface area contributed by atoms with Crippen LogP contribution < -0.4 is 10.2 Å². The Morgan fingerprint density at radius 2 is 1.85 bits per heavy atom. The summed E-state index contributed by atoms with van der Waals surface area (Å²) in [5.41, 5.74) is 2.63. The third kappa shape index (κ3) is 5.05. The summed E-state index contributed by atoms with van der Waals surface area (Å²) in [6.45, 7) is 6.71. The van der Waals surface area contributed by atoms with Crippen molar-refractivity contribution in [2.75, 3.05) is 18.0 Å². The van der Waals surface area contributed by atoms with Crippen LogP contribution in [0.4, 0.5) is 10.5 Å². The van der Waals surface area contributed by atoms with Gasteiger partial charge in [-0.25, -0.2) is 4.79 Å². The first-order valence-corrected chi connectivity index (χ1v) is 14.3. The number of rotatable bonds is 4. The van der Waals surface area contributed by atoms with Crippen LogP contribution in [-0.4, -0.2) is 63.2 Å². The van der Waals surface area contributed by atoms with E-state index in [4.69, 9.17) is 16.3 Å². The van der Waals surface area contributed by atoms with Gasteiger partial charge < -0.3 is 9.64 Å². The van der Waals surface area contributed by atoms with Crippen LogP contribution in [0.3, 0.4) is 0 Å². The first-order valence-electron chi connectivity index (χ1n) is 13.9. The Labute approximate surface area is 242 Å². The molecule has 3 aliphatic heterocycles. The van der Waals surface area contributed by atoms with Crippen LogP contribution >= 0.6 is 11.6 Å². The fourth-order valence-electron chi connectivity index (χ4n) is 6.12. The number of aromatic nitrogens is 2. The third-order valence-corrected chi connectivity index (χ3v) is 8.14. The highest BCUT2D eigenvalue weighted by atomic mass is 35.5. The summed E-state index contributed by atoms with van der Waals surface area (Å²) in [7, 11) is 0. The van der Waals surface area contributed by atoms with Gasteiger partial charge in [-0.15, -0.1) is 0 Å². The number of hydrogen-bond acceptors (Lipinski definition) is 6. The van der Waals surface area contributed by atoms with Gasteiger partial charge in [0.05, 0.1) is 11.7 Å². The van der Waals surface area contributed by atoms with Gasteiger partial charge in [-0.05, 0) is 69.2 Å². The van der Waals surface area contributed by atoms with E-state index in [9.17, 15) is 19.2 Å². The Kier molecular flexibility index (Phi) is 6.76. The maximum atomic E-state index is 13.5. The fourth-order valence-corrected chi connectivity index (χ4v) is 6.33. The minimum absolute atomic E-state index is 0.0811. The van der Waals surface area contributed by atoms with E-state index in [0.717, 1.165) is 34.9 Å². The first kappa shape index (κ1) is 27.3. The lowest BCUT2D eigenvalue weighted by molar-refractivity contribution is -0.134. The van der Waals surface area contributed by atoms with E-state index in [1.165, 1.54) is 4.90 Å². The standard InChI is InChI=1S/C30H32ClN5O5/c1-30(2,3)41-29(40)34-13-11-18(12-14-34)36-19(16-24(31)33-36)15-17-7-8-22-26-20(17)5-4-6-21(26)28(39)35(22)23-9-10-25(37)32-27(23)38/h4-8,16,18,23H,9-15H2,1-3H3,(H,32,37,38). The van der Waals surface area contributed by atoms with Crippen LogP contribution in [0.2, 0.25) is 5.15 Å². The van der Waals surface area contributed by atoms with Gasteiger partial charge in [0.25, 0.3) is 5.91 Å². The normalized spacial score (nSPS) is 19.7. The average Bonchev–Trinajstić information content (AvgIpc) is 3.42. The van der Waals surface area contributed by atoms with Crippen molar-refractivity contribution in [2.24, 2.45) is 0 Å². The van der Waals surface area contributed by atoms with Gasteiger partial charge in [-0.2, -0.15) is 5.10 Å². The second-order valence-corrected chi connectivity index (χ2v) is 12.3. The van der Waals surface area contributed by atoms with Crippen molar-refractivity contribution < 1.29 is 23.9 Å². The molecular formula is C30H32ClN5O5. The predicted octanol–water partition coefficient (Wildman–Crippen LogP) is 4.62. The van der Waals surface area contributed by atoms with Crippen molar-refractivity contribution in [1.29, 1.82) is 0 Å². The van der Waals surface area contributed by atoms with Crippen molar-refractivity contribution in [3.63, 3.8) is 0 Å². The van der Waals surface area contributed by atoms with Crippen molar-refractivity contribution in [3.8, 4) is 0 Å². The fraction of sp³-hybridized carbons (Fsp3) is 0.433. The van der Waals surface area contributed by atoms with E-state index in [1.54, 1.807) is 11.0 Å². The summed E-state index contributed by atoms with van der Waals surface area (Å²) in [6, 6.07) is 10.7. The predicted molar refractivity (Wildman–Crippen MR) is 153 cm³/mol. The molecular weight excluding hydrogens is 546 g/mol. The lowest BCUT2D eigenvalue weighted by Crippen LogP contribution is -2.53. The maximum absolute atomic E-state index is 13.5. The number of nitrogens with one attached hydrogen (secondary N) is 1. The number of piperidine rings is 2. The summed E-state index contributed by atoms with van der Waals surface area (Å²) in [4.78, 5) is 53.6. The molecule has 2 saturated heterocycles. The largest absolute Gasteiger partial charge is 0.444 e. The highest BCUT2D eigenvalue weighted by Gasteiger charge is 2.41. The molecule has 0 radical (unpaired) electrons. The van der Waals surface area contributed by atoms with Crippen LogP contribution in [-0.2, 0) is 20.7 Å². The number of benzene rings is 2. The second-order valence-electron chi connectivity index (χ2n) is 11.9. The molecule has 10 nitrogen and oxygen atoms in total. The zero-order valence-electron chi connectivity index (χ0n) is 23.3. The molecule has 1 N–H and O–H groups in total. The Hall–Kier alpha value is -3.92. The van der Waals surface area contributed by atoms with Gasteiger partial charge in [0.1, 0.15) is 11.6 Å². The number of hydrogen-bond donors (Lipinski definition) is 1. The summed E-state index contributed by atoms with van der Waals surface area (Å²) in [5, 5.41) is 9.10. The molecule has 3 aromatic rings. The van der Waals surface area contributed by atoms with Crippen LogP contribution in [0.1, 0.15) is 74.1 Å². The van der Waals surface area contributed by atoms with E-state index < -0.39 is 17.6 Å². The monoisotopic (exact) mass is 577 g/mol. The molecule has 4 heterocycles. The van der Waals surface area contributed by atoms with E-state index in [0.29, 0.717) is 35.9 Å². The average molecular weight is 578 g/mol. The number of amides is 4. The summed E-state index contributed by atoms with van der Waals surface area (Å²) < 4.78 is 7.50. The van der Waals surface area contributed by atoms with E-state index in [-0.39, 0.29) is 36.8 Å². The molecule has 3 aliphatic rings. The zero-order chi connectivity index (χ0) is 29.1. The molecule has 41 heavy (non-hydrogen) atoms. The third-order valence-electron chi connectivity index (χ3n) is 7.96.